The van der Waals surface area contributed by atoms with Gasteiger partial charge in [-0.2, -0.15) is 0 Å². The third-order valence-corrected chi connectivity index (χ3v) is 2.12. The van der Waals surface area contributed by atoms with Crippen LogP contribution in [0.3, 0.4) is 0 Å². The Morgan fingerprint density at radius 1 is 1.47 bits per heavy atom. The monoisotopic (exact) mass is 234 g/mol. The maximum Gasteiger partial charge on any atom is 0.329 e. The van der Waals surface area contributed by atoms with Gasteiger partial charge in [0.1, 0.15) is 12.1 Å². The van der Waals surface area contributed by atoms with Crippen LogP contribution in [-0.2, 0) is 4.79 Å². The zero-order valence-corrected chi connectivity index (χ0v) is 8.50. The zero-order valence-electron chi connectivity index (χ0n) is 8.50. The van der Waals surface area contributed by atoms with Gasteiger partial charge in [0, 0.05) is 12.3 Å². The molecule has 0 bridgehead atoms. The molecule has 1 heterocycles. The Balaban J connectivity index is 2.65. The number of aliphatic carboxylic acids is 1. The quantitative estimate of drug-likeness (QED) is 0.789. The second-order valence-electron chi connectivity index (χ2n) is 3.27. The summed E-state index contributed by atoms with van der Waals surface area (Å²) >= 11 is 0. The first kappa shape index (κ1) is 11.0. The van der Waals surface area contributed by atoms with E-state index in [1.807, 2.05) is 0 Å². The maximum absolute atomic E-state index is 13.0. The Labute approximate surface area is 94.5 Å². The molecule has 0 amide bonds. The van der Waals surface area contributed by atoms with E-state index in [0.717, 1.165) is 22.9 Å². The molecule has 0 spiro atoms. The van der Waals surface area contributed by atoms with Gasteiger partial charge in [0.2, 0.25) is 0 Å². The average Bonchev–Trinajstić information content (AvgIpc) is 2.29. The lowest BCUT2D eigenvalue weighted by atomic mass is 10.2. The fourth-order valence-electron chi connectivity index (χ4n) is 1.36. The van der Waals surface area contributed by atoms with Crippen molar-refractivity contribution in [1.82, 2.24) is 9.55 Å². The molecule has 86 valence electrons. The summed E-state index contributed by atoms with van der Waals surface area (Å²) in [5, 5.41) is 8.54. The molecule has 1 N–H and O–H groups in total. The van der Waals surface area contributed by atoms with E-state index in [4.69, 9.17) is 5.11 Å². The van der Waals surface area contributed by atoms with Crippen LogP contribution in [0.2, 0.25) is 0 Å². The van der Waals surface area contributed by atoms with E-state index in [1.165, 1.54) is 18.5 Å². The van der Waals surface area contributed by atoms with Gasteiger partial charge in [-0.1, -0.05) is 0 Å². The molecule has 6 heteroatoms. The third kappa shape index (κ3) is 2.20. The number of hydrogen-bond acceptors (Lipinski definition) is 3. The molecule has 0 aliphatic carbocycles. The Kier molecular flexibility index (Phi) is 2.70. The molecule has 0 fully saturated rings. The molecule has 0 unspecified atom stereocenters. The Morgan fingerprint density at radius 2 is 2.24 bits per heavy atom. The van der Waals surface area contributed by atoms with Crippen LogP contribution in [0.15, 0.2) is 35.4 Å². The first-order valence-corrected chi connectivity index (χ1v) is 4.65. The largest absolute Gasteiger partial charge is 0.478 e. The summed E-state index contributed by atoms with van der Waals surface area (Å²) in [7, 11) is 0. The summed E-state index contributed by atoms with van der Waals surface area (Å²) < 4.78 is 14.0. The third-order valence-electron chi connectivity index (χ3n) is 2.12. The highest BCUT2D eigenvalue weighted by atomic mass is 19.1. The molecule has 0 saturated carbocycles. The number of fused-ring (bicyclic) bond motifs is 1. The van der Waals surface area contributed by atoms with Crippen LogP contribution in [0.1, 0.15) is 0 Å². The first-order chi connectivity index (χ1) is 8.08. The van der Waals surface area contributed by atoms with E-state index in [-0.39, 0.29) is 5.39 Å². The summed E-state index contributed by atoms with van der Waals surface area (Å²) in [4.78, 5) is 26.0. The molecule has 5 nitrogen and oxygen atoms in total. The number of nitrogens with zero attached hydrogens (tertiary/aromatic N) is 2. The van der Waals surface area contributed by atoms with Crippen molar-refractivity contribution < 1.29 is 14.3 Å². The molecule has 0 saturated heterocycles. The van der Waals surface area contributed by atoms with Crippen LogP contribution >= 0.6 is 0 Å². The van der Waals surface area contributed by atoms with Gasteiger partial charge in [-0.3, -0.25) is 9.36 Å². The van der Waals surface area contributed by atoms with Gasteiger partial charge < -0.3 is 5.11 Å². The van der Waals surface area contributed by atoms with Gasteiger partial charge in [0.05, 0.1) is 10.9 Å². The molecule has 2 rings (SSSR count). The molecule has 17 heavy (non-hydrogen) atoms. The van der Waals surface area contributed by atoms with Crippen molar-refractivity contribution in [2.24, 2.45) is 0 Å². The molecule has 0 aliphatic heterocycles. The lowest BCUT2D eigenvalue weighted by Gasteiger charge is -2.00. The van der Waals surface area contributed by atoms with E-state index >= 15 is 0 Å². The van der Waals surface area contributed by atoms with E-state index in [9.17, 15) is 14.0 Å². The van der Waals surface area contributed by atoms with Crippen LogP contribution in [0.4, 0.5) is 4.39 Å². The fraction of sp³-hybridized carbons (Fsp3) is 0. The molecular weight excluding hydrogens is 227 g/mol. The number of rotatable bonds is 2. The smallest absolute Gasteiger partial charge is 0.329 e. The van der Waals surface area contributed by atoms with Crippen LogP contribution in [0.5, 0.6) is 0 Å². The Morgan fingerprint density at radius 3 is 2.94 bits per heavy atom. The van der Waals surface area contributed by atoms with Crippen molar-refractivity contribution in [3.05, 3.63) is 46.8 Å². The van der Waals surface area contributed by atoms with E-state index in [1.54, 1.807) is 0 Å². The second-order valence-corrected chi connectivity index (χ2v) is 3.27. The molecule has 0 atom stereocenters. The normalized spacial score (nSPS) is 11.1. The Bertz CT molecular complexity index is 676. The zero-order chi connectivity index (χ0) is 12.4. The summed E-state index contributed by atoms with van der Waals surface area (Å²) in [5.41, 5.74) is -0.164. The standard InChI is InChI=1S/C11H7FN2O3/c12-7-1-2-9-8(5-7)11(17)14(6-13-9)4-3-10(15)16/h1-6H,(H,15,16)/b4-3+. The van der Waals surface area contributed by atoms with Gasteiger partial charge in [0.15, 0.2) is 0 Å². The average molecular weight is 234 g/mol. The minimum atomic E-state index is -1.18. The van der Waals surface area contributed by atoms with Crippen LogP contribution in [-0.4, -0.2) is 20.6 Å². The van der Waals surface area contributed by atoms with Crippen molar-refractivity contribution >= 4 is 23.1 Å². The number of carbonyl (C=O) groups is 1. The lowest BCUT2D eigenvalue weighted by molar-refractivity contribution is -0.131. The predicted octanol–water partition coefficient (Wildman–Crippen LogP) is 1.09. The molecular formula is C11H7FN2O3. The minimum absolute atomic E-state index is 0.0996. The van der Waals surface area contributed by atoms with Crippen LogP contribution in [0, 0.1) is 5.82 Å². The molecule has 2 aromatic rings. The van der Waals surface area contributed by atoms with E-state index < -0.39 is 17.3 Å². The highest BCUT2D eigenvalue weighted by Crippen LogP contribution is 2.08. The number of aromatic nitrogens is 2. The summed E-state index contributed by atoms with van der Waals surface area (Å²) in [6.07, 6.45) is 3.04. The minimum Gasteiger partial charge on any atom is -0.478 e. The van der Waals surface area contributed by atoms with E-state index in [2.05, 4.69) is 4.98 Å². The maximum atomic E-state index is 13.0. The molecule has 0 aliphatic rings. The topological polar surface area (TPSA) is 72.2 Å². The SMILES string of the molecule is O=C(O)/C=C/n1cnc2ccc(F)cc2c1=O. The second kappa shape index (κ2) is 4.17. The number of carboxylic acid groups (broad SMARTS) is 1. The lowest BCUT2D eigenvalue weighted by Crippen LogP contribution is -2.16. The molecule has 0 radical (unpaired) electrons. The Hall–Kier alpha value is -2.50. The summed E-state index contributed by atoms with van der Waals surface area (Å²) in [6.45, 7) is 0. The summed E-state index contributed by atoms with van der Waals surface area (Å²) in [6, 6.07) is 3.65. The number of halogens is 1. The molecule has 1 aromatic heterocycles. The first-order valence-electron chi connectivity index (χ1n) is 4.65. The highest BCUT2D eigenvalue weighted by Gasteiger charge is 2.03. The fourth-order valence-corrected chi connectivity index (χ4v) is 1.36. The van der Waals surface area contributed by atoms with Gasteiger partial charge in [-0.15, -0.1) is 0 Å². The van der Waals surface area contributed by atoms with Gasteiger partial charge in [-0.25, -0.2) is 14.2 Å². The van der Waals surface area contributed by atoms with Crippen LogP contribution < -0.4 is 5.56 Å². The van der Waals surface area contributed by atoms with Crippen LogP contribution in [0.25, 0.3) is 17.1 Å². The van der Waals surface area contributed by atoms with Crippen molar-refractivity contribution in [2.45, 2.75) is 0 Å². The van der Waals surface area contributed by atoms with Gasteiger partial charge in [0.25, 0.3) is 5.56 Å². The number of hydrogen-bond donors (Lipinski definition) is 1. The van der Waals surface area contributed by atoms with E-state index in [0.29, 0.717) is 5.52 Å². The number of benzene rings is 1. The predicted molar refractivity (Wildman–Crippen MR) is 58.9 cm³/mol. The van der Waals surface area contributed by atoms with Crippen molar-refractivity contribution in [1.29, 1.82) is 0 Å². The highest BCUT2D eigenvalue weighted by molar-refractivity contribution is 5.83. The van der Waals surface area contributed by atoms with Crippen molar-refractivity contribution in [3.63, 3.8) is 0 Å². The molecule has 1 aromatic carbocycles. The van der Waals surface area contributed by atoms with Crippen molar-refractivity contribution in [3.8, 4) is 0 Å². The number of carboxylic acids is 1. The van der Waals surface area contributed by atoms with Gasteiger partial charge in [-0.05, 0) is 18.2 Å². The van der Waals surface area contributed by atoms with Crippen molar-refractivity contribution in [2.75, 3.05) is 0 Å². The summed E-state index contributed by atoms with van der Waals surface area (Å²) in [5.74, 6) is -1.73. The van der Waals surface area contributed by atoms with Gasteiger partial charge >= 0.3 is 5.97 Å².